The number of hydrogen-bond acceptors (Lipinski definition) is 8. The minimum absolute atomic E-state index is 0.0294. The number of amides is 2. The fourth-order valence-electron chi connectivity index (χ4n) is 5.29. The van der Waals surface area contributed by atoms with E-state index in [0.717, 1.165) is 25.5 Å². The molecule has 4 heterocycles. The van der Waals surface area contributed by atoms with Gasteiger partial charge in [-0.15, -0.1) is 0 Å². The van der Waals surface area contributed by atoms with Crippen molar-refractivity contribution in [2.24, 2.45) is 0 Å². The van der Waals surface area contributed by atoms with Gasteiger partial charge in [-0.2, -0.15) is 0 Å². The van der Waals surface area contributed by atoms with Gasteiger partial charge >= 0.3 is 5.97 Å². The molecule has 1 aromatic carbocycles. The molecule has 1 aromatic heterocycles. The molecule has 2 saturated heterocycles. The Hall–Kier alpha value is -3.84. The number of nitrogens with one attached hydrogen (secondary N) is 2. The summed E-state index contributed by atoms with van der Waals surface area (Å²) in [6, 6.07) is 3.18. The molecule has 5 rings (SSSR count). The maximum absolute atomic E-state index is 14.0. The molecule has 2 aromatic rings. The lowest BCUT2D eigenvalue weighted by Crippen LogP contribution is -2.50. The van der Waals surface area contributed by atoms with Crippen LogP contribution in [-0.2, 0) is 22.6 Å². The van der Waals surface area contributed by atoms with Crippen molar-refractivity contribution in [2.45, 2.75) is 38.1 Å². The second kappa shape index (κ2) is 10.5. The Morgan fingerprint density at radius 1 is 1.18 bits per heavy atom. The van der Waals surface area contributed by atoms with Crippen molar-refractivity contribution in [1.82, 2.24) is 25.0 Å². The number of nitrogens with zero attached hydrogens (tertiary/aromatic N) is 3. The fourth-order valence-corrected chi connectivity index (χ4v) is 5.29. The van der Waals surface area contributed by atoms with Crippen molar-refractivity contribution in [1.29, 1.82) is 0 Å². The summed E-state index contributed by atoms with van der Waals surface area (Å²) in [6.07, 6.45) is 3.06. The molecule has 202 valence electrons. The van der Waals surface area contributed by atoms with E-state index in [2.05, 4.69) is 15.5 Å². The third-order valence-corrected chi connectivity index (χ3v) is 7.08. The Morgan fingerprint density at radius 2 is 2.00 bits per heavy atom. The van der Waals surface area contributed by atoms with Gasteiger partial charge in [-0.05, 0) is 26.0 Å². The van der Waals surface area contributed by atoms with E-state index in [-0.39, 0.29) is 42.1 Å². The molecule has 0 radical (unpaired) electrons. The van der Waals surface area contributed by atoms with Gasteiger partial charge < -0.3 is 29.6 Å². The monoisotopic (exact) mass is 531 g/mol. The summed E-state index contributed by atoms with van der Waals surface area (Å²) < 4.78 is 39.2. The third-order valence-electron chi connectivity index (χ3n) is 7.08. The number of esters is 1. The number of fused-ring (bicyclic) bond motifs is 4. The van der Waals surface area contributed by atoms with Gasteiger partial charge in [0.25, 0.3) is 11.8 Å². The van der Waals surface area contributed by atoms with Gasteiger partial charge in [0.1, 0.15) is 23.4 Å². The van der Waals surface area contributed by atoms with E-state index in [1.165, 1.54) is 16.8 Å². The van der Waals surface area contributed by atoms with Crippen molar-refractivity contribution in [3.8, 4) is 5.75 Å². The number of aromatic nitrogens is 1. The van der Waals surface area contributed by atoms with E-state index in [0.29, 0.717) is 19.2 Å². The number of halogens is 2. The molecule has 3 aliphatic heterocycles. The highest BCUT2D eigenvalue weighted by Crippen LogP contribution is 2.35. The van der Waals surface area contributed by atoms with Crippen LogP contribution in [-0.4, -0.2) is 77.8 Å². The van der Waals surface area contributed by atoms with Crippen LogP contribution in [0.3, 0.4) is 0 Å². The lowest BCUT2D eigenvalue weighted by Gasteiger charge is -2.36. The zero-order chi connectivity index (χ0) is 27.0. The summed E-state index contributed by atoms with van der Waals surface area (Å²) >= 11 is 0. The number of rotatable bonds is 8. The highest BCUT2D eigenvalue weighted by Gasteiger charge is 2.48. The second-order valence-electron chi connectivity index (χ2n) is 9.40. The van der Waals surface area contributed by atoms with Gasteiger partial charge in [0.2, 0.25) is 18.0 Å². The number of likely N-dealkylation sites (N-methyl/N-ethyl adjacent to an activating group) is 1. The van der Waals surface area contributed by atoms with E-state index in [9.17, 15) is 28.0 Å². The predicted molar refractivity (Wildman–Crippen MR) is 128 cm³/mol. The van der Waals surface area contributed by atoms with E-state index < -0.39 is 47.4 Å². The second-order valence-corrected chi connectivity index (χ2v) is 9.40. The summed E-state index contributed by atoms with van der Waals surface area (Å²) in [6.45, 7) is 0.652. The maximum atomic E-state index is 14.0. The largest absolute Gasteiger partial charge is 0.451 e. The number of ether oxygens (including phenoxy) is 2. The van der Waals surface area contributed by atoms with Crippen LogP contribution in [0.1, 0.15) is 39.3 Å². The van der Waals surface area contributed by atoms with Gasteiger partial charge in [-0.1, -0.05) is 6.07 Å². The highest BCUT2D eigenvalue weighted by atomic mass is 19.1. The Labute approximate surface area is 216 Å². The number of carbonyl (C=O) groups is 3. The SMILES string of the molecule is CNCC(=O)OCOc1c2n(cc(C(=O)NCc3ccc(F)cc3F)c1=O)CC1N(CC3CCCN31)C2=O. The lowest BCUT2D eigenvalue weighted by atomic mass is 10.1. The molecule has 0 bridgehead atoms. The first-order valence-electron chi connectivity index (χ1n) is 12.3. The van der Waals surface area contributed by atoms with Crippen LogP contribution in [0.25, 0.3) is 0 Å². The topological polar surface area (TPSA) is 122 Å². The first kappa shape index (κ1) is 25.8. The van der Waals surface area contributed by atoms with E-state index in [1.54, 1.807) is 11.9 Å². The number of hydrogen-bond donors (Lipinski definition) is 2. The number of pyridine rings is 1. The number of benzene rings is 1. The smallest absolute Gasteiger partial charge is 0.322 e. The van der Waals surface area contributed by atoms with Gasteiger partial charge in [-0.3, -0.25) is 24.1 Å². The molecule has 3 aliphatic rings. The van der Waals surface area contributed by atoms with Gasteiger partial charge in [0.15, 0.2) is 5.69 Å². The zero-order valence-electron chi connectivity index (χ0n) is 20.7. The molecule has 2 fully saturated rings. The molecule has 0 saturated carbocycles. The highest BCUT2D eigenvalue weighted by molar-refractivity contribution is 5.99. The molecule has 2 unspecified atom stereocenters. The van der Waals surface area contributed by atoms with Crippen molar-refractivity contribution in [3.05, 3.63) is 63.1 Å². The first-order valence-corrected chi connectivity index (χ1v) is 12.3. The minimum atomic E-state index is -0.871. The van der Waals surface area contributed by atoms with Crippen LogP contribution in [0.2, 0.25) is 0 Å². The van der Waals surface area contributed by atoms with Gasteiger partial charge in [0, 0.05) is 43.5 Å². The van der Waals surface area contributed by atoms with Gasteiger partial charge in [0.05, 0.1) is 13.1 Å². The molecule has 11 nitrogen and oxygen atoms in total. The molecular formula is C25H27F2N5O6. The van der Waals surface area contributed by atoms with Crippen molar-refractivity contribution < 1.29 is 32.6 Å². The molecule has 2 N–H and O–H groups in total. The van der Waals surface area contributed by atoms with Crippen molar-refractivity contribution >= 4 is 17.8 Å². The van der Waals surface area contributed by atoms with E-state index in [4.69, 9.17) is 9.47 Å². The maximum Gasteiger partial charge on any atom is 0.322 e. The van der Waals surface area contributed by atoms with Crippen LogP contribution in [0, 0.1) is 11.6 Å². The molecule has 13 heteroatoms. The quantitative estimate of drug-likeness (QED) is 0.371. The van der Waals surface area contributed by atoms with Crippen molar-refractivity contribution in [3.63, 3.8) is 0 Å². The van der Waals surface area contributed by atoms with Crippen LogP contribution >= 0.6 is 0 Å². The van der Waals surface area contributed by atoms with Gasteiger partial charge in [-0.25, -0.2) is 8.78 Å². The summed E-state index contributed by atoms with van der Waals surface area (Å²) in [5.41, 5.74) is -1.20. The Morgan fingerprint density at radius 3 is 2.76 bits per heavy atom. The average Bonchev–Trinajstić information content (AvgIpc) is 3.47. The van der Waals surface area contributed by atoms with Crippen LogP contribution in [0.4, 0.5) is 8.78 Å². The molecule has 2 atom stereocenters. The normalized spacial score (nSPS) is 20.1. The van der Waals surface area contributed by atoms with Crippen molar-refractivity contribution in [2.75, 3.05) is 33.5 Å². The first-order chi connectivity index (χ1) is 18.3. The summed E-state index contributed by atoms with van der Waals surface area (Å²) in [4.78, 5) is 55.6. The molecular weight excluding hydrogens is 504 g/mol. The van der Waals surface area contributed by atoms with Crippen LogP contribution in [0.15, 0.2) is 29.2 Å². The Bertz CT molecular complexity index is 1350. The van der Waals surface area contributed by atoms with E-state index in [1.807, 2.05) is 0 Å². The lowest BCUT2D eigenvalue weighted by molar-refractivity contribution is -0.149. The van der Waals surface area contributed by atoms with Crippen LogP contribution in [0.5, 0.6) is 5.75 Å². The molecule has 38 heavy (non-hydrogen) atoms. The third kappa shape index (κ3) is 4.74. The Balaban J connectivity index is 1.45. The molecule has 0 aliphatic carbocycles. The van der Waals surface area contributed by atoms with Crippen LogP contribution < -0.4 is 20.8 Å². The summed E-state index contributed by atoms with van der Waals surface area (Å²) in [5.74, 6) is -3.88. The van der Waals surface area contributed by atoms with E-state index >= 15 is 0 Å². The average molecular weight is 532 g/mol. The molecule has 0 spiro atoms. The molecule has 2 amide bonds. The minimum Gasteiger partial charge on any atom is -0.451 e. The number of carbonyl (C=O) groups excluding carboxylic acids is 3. The standard InChI is InChI=1S/C25H27F2N5O6/c1-28-9-20(33)37-13-38-23-21-25(36)32-10-16-3-2-6-31(16)19(32)12-30(21)11-17(22(23)34)24(35)29-8-14-4-5-15(26)7-18(14)27/h4-5,7,11,16,19,28H,2-3,6,8-10,12-13H2,1H3,(H,29,35). The predicted octanol–water partition coefficient (Wildman–Crippen LogP) is 0.415. The summed E-state index contributed by atoms with van der Waals surface area (Å²) in [7, 11) is 1.56. The zero-order valence-corrected chi connectivity index (χ0v) is 20.7. The Kier molecular flexibility index (Phi) is 7.13. The fraction of sp³-hybridized carbons (Fsp3) is 0.440. The summed E-state index contributed by atoms with van der Waals surface area (Å²) in [5, 5.41) is 5.09.